The first-order valence-electron chi connectivity index (χ1n) is 12.8. The van der Waals surface area contributed by atoms with Gasteiger partial charge < -0.3 is 19.3 Å². The van der Waals surface area contributed by atoms with Gasteiger partial charge in [-0.2, -0.15) is 0 Å². The molecule has 0 saturated heterocycles. The molecule has 0 amide bonds. The number of aromatic hydroxyl groups is 1. The third-order valence-corrected chi connectivity index (χ3v) is 6.89. The summed E-state index contributed by atoms with van der Waals surface area (Å²) in [6.45, 7) is 8.40. The number of hydrogen-bond donors (Lipinski definition) is 1. The van der Waals surface area contributed by atoms with E-state index in [1.165, 1.54) is 0 Å². The highest BCUT2D eigenvalue weighted by atomic mass is 16.6. The zero-order valence-electron chi connectivity index (χ0n) is 22.1. The number of phenolic OH excluding ortho intramolecular Hbond substituents is 1. The minimum Gasteiger partial charge on any atom is -0.504 e. The molecule has 0 spiro atoms. The SMILES string of the molecule is CC/C=C\C(C)(C)[C@H]1CCCCc2cc(OC)c(O)c(c2)-c2cc(CCC)cc(OC)c2OC1=O. The molecule has 0 unspecified atom stereocenters. The van der Waals surface area contributed by atoms with Gasteiger partial charge in [0.2, 0.25) is 0 Å². The van der Waals surface area contributed by atoms with Crippen molar-refractivity contribution in [2.24, 2.45) is 11.3 Å². The summed E-state index contributed by atoms with van der Waals surface area (Å²) >= 11 is 0. The van der Waals surface area contributed by atoms with E-state index in [4.69, 9.17) is 14.2 Å². The predicted molar refractivity (Wildman–Crippen MR) is 141 cm³/mol. The molecular formula is C30H40O5. The minimum absolute atomic E-state index is 0.0315. The van der Waals surface area contributed by atoms with Crippen LogP contribution in [0.1, 0.15) is 70.9 Å². The average molecular weight is 481 g/mol. The van der Waals surface area contributed by atoms with Gasteiger partial charge in [0.25, 0.3) is 0 Å². The summed E-state index contributed by atoms with van der Waals surface area (Å²) in [5.74, 6) is 0.689. The number of aryl methyl sites for hydroxylation is 2. The summed E-state index contributed by atoms with van der Waals surface area (Å²) < 4.78 is 17.4. The number of hydrogen-bond acceptors (Lipinski definition) is 5. The summed E-state index contributed by atoms with van der Waals surface area (Å²) in [4.78, 5) is 13.7. The second kappa shape index (κ2) is 11.7. The monoisotopic (exact) mass is 480 g/mol. The summed E-state index contributed by atoms with van der Waals surface area (Å²) in [6.07, 6.45) is 10.3. The van der Waals surface area contributed by atoms with Gasteiger partial charge in [-0.3, -0.25) is 4.79 Å². The molecule has 0 fully saturated rings. The molecule has 2 aromatic carbocycles. The molecule has 1 aliphatic heterocycles. The molecule has 0 aliphatic carbocycles. The van der Waals surface area contributed by atoms with Gasteiger partial charge in [-0.05, 0) is 72.9 Å². The van der Waals surface area contributed by atoms with Crippen LogP contribution in [-0.2, 0) is 17.6 Å². The zero-order chi connectivity index (χ0) is 25.6. The molecule has 0 saturated carbocycles. The molecule has 3 rings (SSSR count). The fraction of sp³-hybridized carbons (Fsp3) is 0.500. The van der Waals surface area contributed by atoms with Crippen molar-refractivity contribution in [3.63, 3.8) is 0 Å². The number of carbonyl (C=O) groups is 1. The average Bonchev–Trinajstić information content (AvgIpc) is 2.83. The molecule has 1 N–H and O–H groups in total. The van der Waals surface area contributed by atoms with Crippen LogP contribution in [0, 0.1) is 11.3 Å². The van der Waals surface area contributed by atoms with Crippen molar-refractivity contribution < 1.29 is 24.1 Å². The lowest BCUT2D eigenvalue weighted by molar-refractivity contribution is -0.142. The van der Waals surface area contributed by atoms with E-state index in [2.05, 4.69) is 39.8 Å². The molecule has 2 aromatic rings. The van der Waals surface area contributed by atoms with Crippen molar-refractivity contribution in [1.82, 2.24) is 0 Å². The fourth-order valence-electron chi connectivity index (χ4n) is 4.90. The Hall–Kier alpha value is -2.95. The first kappa shape index (κ1) is 26.7. The zero-order valence-corrected chi connectivity index (χ0v) is 22.1. The molecular weight excluding hydrogens is 440 g/mol. The lowest BCUT2D eigenvalue weighted by Gasteiger charge is -2.31. The highest BCUT2D eigenvalue weighted by molar-refractivity contribution is 5.86. The summed E-state index contributed by atoms with van der Waals surface area (Å²) in [7, 11) is 3.13. The van der Waals surface area contributed by atoms with Gasteiger partial charge in [0.15, 0.2) is 23.0 Å². The van der Waals surface area contributed by atoms with Gasteiger partial charge in [-0.1, -0.05) is 52.7 Å². The molecule has 0 radical (unpaired) electrons. The number of allylic oxidation sites excluding steroid dienone is 2. The number of esters is 1. The smallest absolute Gasteiger partial charge is 0.315 e. The van der Waals surface area contributed by atoms with Crippen LogP contribution < -0.4 is 14.2 Å². The van der Waals surface area contributed by atoms with Crippen LogP contribution in [0.2, 0.25) is 0 Å². The predicted octanol–water partition coefficient (Wildman–Crippen LogP) is 7.27. The molecule has 1 heterocycles. The Bertz CT molecular complexity index is 1070. The van der Waals surface area contributed by atoms with Crippen LogP contribution in [-0.4, -0.2) is 25.3 Å². The van der Waals surface area contributed by atoms with Crippen LogP contribution in [0.25, 0.3) is 11.1 Å². The number of methoxy groups -OCH3 is 2. The normalized spacial score (nSPS) is 16.7. The van der Waals surface area contributed by atoms with Crippen LogP contribution in [0.5, 0.6) is 23.0 Å². The molecule has 35 heavy (non-hydrogen) atoms. The van der Waals surface area contributed by atoms with Crippen LogP contribution >= 0.6 is 0 Å². The number of benzene rings is 2. The molecule has 5 heteroatoms. The van der Waals surface area contributed by atoms with Crippen LogP contribution in [0.15, 0.2) is 36.4 Å². The third kappa shape index (κ3) is 6.01. The number of rotatable bonds is 7. The van der Waals surface area contributed by atoms with E-state index in [0.29, 0.717) is 28.4 Å². The summed E-state index contributed by atoms with van der Waals surface area (Å²) in [5, 5.41) is 11.1. The second-order valence-corrected chi connectivity index (χ2v) is 9.97. The highest BCUT2D eigenvalue weighted by Crippen LogP contribution is 2.47. The maximum atomic E-state index is 13.7. The van der Waals surface area contributed by atoms with Crippen molar-refractivity contribution >= 4 is 5.97 Å². The Kier molecular flexibility index (Phi) is 8.87. The standard InChI is InChI=1S/C30H40O5/c1-7-9-15-30(3,4)24-14-11-10-13-21-16-22(27(31)25(18-21)33-5)23-17-20(12-8-2)19-26(34-6)28(23)35-29(24)32/h9,15-19,24,31H,7-8,10-14H2,1-6H3/b15-9-/t24-/m0/s1. The Morgan fingerprint density at radius 3 is 2.46 bits per heavy atom. The molecule has 2 bridgehead atoms. The van der Waals surface area contributed by atoms with E-state index in [1.54, 1.807) is 14.2 Å². The van der Waals surface area contributed by atoms with Crippen LogP contribution in [0.4, 0.5) is 0 Å². The largest absolute Gasteiger partial charge is 0.504 e. The quantitative estimate of drug-likeness (QED) is 0.256. The van der Waals surface area contributed by atoms with E-state index < -0.39 is 0 Å². The van der Waals surface area contributed by atoms with Gasteiger partial charge in [0.05, 0.1) is 20.1 Å². The second-order valence-electron chi connectivity index (χ2n) is 9.97. The van der Waals surface area contributed by atoms with Gasteiger partial charge in [-0.15, -0.1) is 0 Å². The first-order valence-corrected chi connectivity index (χ1v) is 12.8. The van der Waals surface area contributed by atoms with E-state index in [-0.39, 0.29) is 23.1 Å². The number of ether oxygens (including phenoxy) is 3. The Morgan fingerprint density at radius 2 is 1.80 bits per heavy atom. The fourth-order valence-corrected chi connectivity index (χ4v) is 4.90. The van der Waals surface area contributed by atoms with Gasteiger partial charge in [0.1, 0.15) is 0 Å². The van der Waals surface area contributed by atoms with Crippen molar-refractivity contribution in [3.05, 3.63) is 47.5 Å². The molecule has 1 atom stereocenters. The van der Waals surface area contributed by atoms with E-state index in [1.807, 2.05) is 24.3 Å². The Labute approximate surface area is 210 Å². The lowest BCUT2D eigenvalue weighted by atomic mass is 9.75. The topological polar surface area (TPSA) is 65.0 Å². The maximum absolute atomic E-state index is 13.7. The molecule has 0 aromatic heterocycles. The highest BCUT2D eigenvalue weighted by Gasteiger charge is 2.36. The van der Waals surface area contributed by atoms with Gasteiger partial charge in [-0.25, -0.2) is 0 Å². The van der Waals surface area contributed by atoms with Gasteiger partial charge in [0, 0.05) is 11.1 Å². The molecule has 5 nitrogen and oxygen atoms in total. The van der Waals surface area contributed by atoms with E-state index >= 15 is 0 Å². The maximum Gasteiger partial charge on any atom is 0.315 e. The van der Waals surface area contributed by atoms with E-state index in [0.717, 1.165) is 56.1 Å². The Morgan fingerprint density at radius 1 is 1.06 bits per heavy atom. The number of carbonyl (C=O) groups excluding carboxylic acids is 1. The molecule has 190 valence electrons. The van der Waals surface area contributed by atoms with Crippen molar-refractivity contribution in [1.29, 1.82) is 0 Å². The van der Waals surface area contributed by atoms with Crippen molar-refractivity contribution in [2.75, 3.05) is 14.2 Å². The lowest BCUT2D eigenvalue weighted by Crippen LogP contribution is -2.33. The number of phenols is 1. The van der Waals surface area contributed by atoms with E-state index in [9.17, 15) is 9.90 Å². The van der Waals surface area contributed by atoms with Crippen LogP contribution in [0.3, 0.4) is 0 Å². The number of fused-ring (bicyclic) bond motifs is 4. The third-order valence-electron chi connectivity index (χ3n) is 6.89. The van der Waals surface area contributed by atoms with Crippen molar-refractivity contribution in [2.45, 2.75) is 72.6 Å². The summed E-state index contributed by atoms with van der Waals surface area (Å²) in [6, 6.07) is 7.80. The van der Waals surface area contributed by atoms with Gasteiger partial charge >= 0.3 is 5.97 Å². The summed E-state index contributed by atoms with van der Waals surface area (Å²) in [5.41, 5.74) is 3.00. The minimum atomic E-state index is -0.355. The van der Waals surface area contributed by atoms with Crippen molar-refractivity contribution in [3.8, 4) is 34.1 Å². The first-order chi connectivity index (χ1) is 16.7. The molecule has 1 aliphatic rings. The Balaban J connectivity index is 2.25.